The van der Waals surface area contributed by atoms with Crippen LogP contribution in [0, 0.1) is 12.7 Å². The van der Waals surface area contributed by atoms with Gasteiger partial charge in [-0.05, 0) is 55.0 Å². The fourth-order valence-corrected chi connectivity index (χ4v) is 3.23. The van der Waals surface area contributed by atoms with Gasteiger partial charge >= 0.3 is 0 Å². The number of sulfone groups is 1. The topological polar surface area (TPSA) is 39.1 Å². The lowest BCUT2D eigenvalue weighted by Gasteiger charge is -2.12. The summed E-state index contributed by atoms with van der Waals surface area (Å²) in [6, 6.07) is 17.0. The number of rotatable bonds is 3. The lowest BCUT2D eigenvalue weighted by molar-refractivity contribution is 0.602. The van der Waals surface area contributed by atoms with Crippen LogP contribution in [0.2, 0.25) is 0 Å². The van der Waals surface area contributed by atoms with Crippen molar-refractivity contribution in [1.29, 1.82) is 0 Å². The fraction of sp³-hybridized carbons (Fsp3) is 0.111. The maximum Gasteiger partial charge on any atom is 0.175 e. The van der Waals surface area contributed by atoms with Gasteiger partial charge in [0.05, 0.1) is 10.6 Å². The summed E-state index contributed by atoms with van der Waals surface area (Å²) in [5.74, 6) is -0.297. The van der Waals surface area contributed by atoms with E-state index in [1.165, 1.54) is 18.4 Å². The molecule has 118 valence electrons. The molecular weight excluding hydrogens is 313 g/mol. The molecule has 0 fully saturated rings. The van der Waals surface area contributed by atoms with Gasteiger partial charge in [-0.25, -0.2) is 12.8 Å². The van der Waals surface area contributed by atoms with Crippen LogP contribution in [0.3, 0.4) is 0 Å². The molecule has 0 atom stereocenters. The summed E-state index contributed by atoms with van der Waals surface area (Å²) >= 11 is 0. The van der Waals surface area contributed by atoms with E-state index >= 15 is 0 Å². The monoisotopic (exact) mass is 329 g/mol. The summed E-state index contributed by atoms with van der Waals surface area (Å²) in [5, 5.41) is 0. The van der Waals surface area contributed by atoms with Crippen LogP contribution in [0.15, 0.2) is 65.6 Å². The van der Waals surface area contributed by atoms with E-state index in [0.29, 0.717) is 0 Å². The Morgan fingerprint density at radius 2 is 1.65 bits per heavy atom. The molecule has 0 bridgehead atoms. The zero-order chi connectivity index (χ0) is 16.6. The summed E-state index contributed by atoms with van der Waals surface area (Å²) in [6.07, 6.45) is 1.18. The van der Waals surface area contributed by atoms with Crippen molar-refractivity contribution in [3.05, 3.63) is 72.2 Å². The number of hydrogen-bond donors (Lipinski definition) is 0. The average molecular weight is 329 g/mol. The third-order valence-electron chi connectivity index (χ3n) is 3.72. The minimum atomic E-state index is -3.22. The molecule has 0 spiro atoms. The molecule has 0 aliphatic rings. The summed E-state index contributed by atoms with van der Waals surface area (Å²) in [7, 11) is -3.22. The lowest BCUT2D eigenvalue weighted by atomic mass is 10.1. The average Bonchev–Trinajstić information content (AvgIpc) is 2.88. The molecule has 0 N–H and O–H groups in total. The first-order chi connectivity index (χ1) is 10.9. The lowest BCUT2D eigenvalue weighted by Crippen LogP contribution is -2.00. The number of halogens is 1. The Bertz CT molecular complexity index is 957. The van der Waals surface area contributed by atoms with E-state index < -0.39 is 9.84 Å². The molecule has 0 aliphatic carbocycles. The molecule has 0 saturated carbocycles. The molecule has 0 saturated heterocycles. The smallest absolute Gasteiger partial charge is 0.175 e. The maximum atomic E-state index is 13.5. The Hall–Kier alpha value is -2.40. The van der Waals surface area contributed by atoms with Crippen LogP contribution in [0.5, 0.6) is 0 Å². The molecule has 3 rings (SSSR count). The van der Waals surface area contributed by atoms with Gasteiger partial charge in [0.25, 0.3) is 0 Å². The van der Waals surface area contributed by atoms with Crippen molar-refractivity contribution in [1.82, 2.24) is 4.57 Å². The first-order valence-corrected chi connectivity index (χ1v) is 9.00. The van der Waals surface area contributed by atoms with E-state index in [9.17, 15) is 12.8 Å². The van der Waals surface area contributed by atoms with E-state index in [2.05, 4.69) is 0 Å². The van der Waals surface area contributed by atoms with Crippen molar-refractivity contribution >= 4 is 9.84 Å². The molecular formula is C18H16FNO2S. The standard InChI is InChI=1S/C18H16FNO2S/c1-13-6-11-18(20(13)16-5-3-4-15(19)12-16)14-7-9-17(10-8-14)23(2,21)22/h3-12H,1-2H3. The Morgan fingerprint density at radius 3 is 2.26 bits per heavy atom. The van der Waals surface area contributed by atoms with Gasteiger partial charge in [-0.3, -0.25) is 0 Å². The number of aryl methyl sites for hydroxylation is 1. The van der Waals surface area contributed by atoms with Crippen molar-refractivity contribution < 1.29 is 12.8 Å². The molecule has 1 heterocycles. The quantitative estimate of drug-likeness (QED) is 0.729. The van der Waals surface area contributed by atoms with Crippen molar-refractivity contribution in [2.75, 3.05) is 6.26 Å². The predicted molar refractivity (Wildman–Crippen MR) is 89.0 cm³/mol. The van der Waals surface area contributed by atoms with Crippen molar-refractivity contribution in [3.8, 4) is 16.9 Å². The van der Waals surface area contributed by atoms with Crippen molar-refractivity contribution in [3.63, 3.8) is 0 Å². The van der Waals surface area contributed by atoms with Gasteiger partial charge in [0.2, 0.25) is 0 Å². The molecule has 1 aromatic heterocycles. The second kappa shape index (κ2) is 5.66. The molecule has 3 nitrogen and oxygen atoms in total. The largest absolute Gasteiger partial charge is 0.314 e. The minimum absolute atomic E-state index is 0.279. The molecule has 5 heteroatoms. The molecule has 0 unspecified atom stereocenters. The highest BCUT2D eigenvalue weighted by molar-refractivity contribution is 7.90. The zero-order valence-corrected chi connectivity index (χ0v) is 13.6. The first-order valence-electron chi connectivity index (χ1n) is 7.11. The van der Waals surface area contributed by atoms with E-state index in [1.54, 1.807) is 30.3 Å². The third kappa shape index (κ3) is 3.05. The predicted octanol–water partition coefficient (Wildman–Crippen LogP) is 4.00. The van der Waals surface area contributed by atoms with Gasteiger partial charge in [-0.2, -0.15) is 0 Å². The van der Waals surface area contributed by atoms with Gasteiger partial charge in [0, 0.05) is 17.6 Å². The third-order valence-corrected chi connectivity index (χ3v) is 4.85. The Kier molecular flexibility index (Phi) is 3.82. The summed E-state index contributed by atoms with van der Waals surface area (Å²) < 4.78 is 38.6. The second-order valence-electron chi connectivity index (χ2n) is 5.47. The summed E-state index contributed by atoms with van der Waals surface area (Å²) in [4.78, 5) is 0.279. The van der Waals surface area contributed by atoms with Gasteiger partial charge in [0.15, 0.2) is 9.84 Å². The number of nitrogens with zero attached hydrogens (tertiary/aromatic N) is 1. The highest BCUT2D eigenvalue weighted by atomic mass is 32.2. The molecule has 2 aromatic carbocycles. The first kappa shape index (κ1) is 15.5. The van der Waals surface area contributed by atoms with Gasteiger partial charge in [-0.1, -0.05) is 18.2 Å². The van der Waals surface area contributed by atoms with Crippen molar-refractivity contribution in [2.45, 2.75) is 11.8 Å². The van der Waals surface area contributed by atoms with Gasteiger partial charge < -0.3 is 4.57 Å². The molecule has 0 aliphatic heterocycles. The number of aromatic nitrogens is 1. The van der Waals surface area contributed by atoms with Crippen LogP contribution in [0.1, 0.15) is 5.69 Å². The molecule has 23 heavy (non-hydrogen) atoms. The van der Waals surface area contributed by atoms with Crippen LogP contribution < -0.4 is 0 Å². The van der Waals surface area contributed by atoms with Gasteiger partial charge in [-0.15, -0.1) is 0 Å². The van der Waals surface area contributed by atoms with Crippen LogP contribution in [-0.2, 0) is 9.84 Å². The summed E-state index contributed by atoms with van der Waals surface area (Å²) in [5.41, 5.74) is 3.45. The van der Waals surface area contributed by atoms with E-state index in [4.69, 9.17) is 0 Å². The normalized spacial score (nSPS) is 11.6. The SMILES string of the molecule is Cc1ccc(-c2ccc(S(C)(=O)=O)cc2)n1-c1cccc(F)c1. The highest BCUT2D eigenvalue weighted by Gasteiger charge is 2.12. The second-order valence-corrected chi connectivity index (χ2v) is 7.49. The minimum Gasteiger partial charge on any atom is -0.314 e. The van der Waals surface area contributed by atoms with E-state index in [1.807, 2.05) is 29.7 Å². The molecule has 0 radical (unpaired) electrons. The van der Waals surface area contributed by atoms with Gasteiger partial charge in [0.1, 0.15) is 5.82 Å². The molecule has 3 aromatic rings. The van der Waals surface area contributed by atoms with Crippen molar-refractivity contribution in [2.24, 2.45) is 0 Å². The summed E-state index contributed by atoms with van der Waals surface area (Å²) in [6.45, 7) is 1.94. The van der Waals surface area contributed by atoms with Crippen LogP contribution >= 0.6 is 0 Å². The van der Waals surface area contributed by atoms with Crippen LogP contribution in [0.4, 0.5) is 4.39 Å². The maximum absolute atomic E-state index is 13.5. The van der Waals surface area contributed by atoms with E-state index in [0.717, 1.165) is 22.6 Å². The van der Waals surface area contributed by atoms with Crippen LogP contribution in [0.25, 0.3) is 16.9 Å². The number of hydrogen-bond acceptors (Lipinski definition) is 2. The van der Waals surface area contributed by atoms with E-state index in [-0.39, 0.29) is 10.7 Å². The highest BCUT2D eigenvalue weighted by Crippen LogP contribution is 2.27. The Labute approximate surface area is 134 Å². The Morgan fingerprint density at radius 1 is 0.957 bits per heavy atom. The van der Waals surface area contributed by atoms with Crippen LogP contribution in [-0.4, -0.2) is 19.2 Å². The molecule has 0 amide bonds. The fourth-order valence-electron chi connectivity index (χ4n) is 2.59. The number of benzene rings is 2. The Balaban J connectivity index is 2.12. The zero-order valence-electron chi connectivity index (χ0n) is 12.8.